The van der Waals surface area contributed by atoms with Gasteiger partial charge < -0.3 is 10.0 Å². The van der Waals surface area contributed by atoms with Gasteiger partial charge in [0.05, 0.1) is 5.41 Å². The summed E-state index contributed by atoms with van der Waals surface area (Å²) in [5.41, 5.74) is -0.691. The van der Waals surface area contributed by atoms with Crippen LogP contribution in [0.2, 0.25) is 0 Å². The minimum Gasteiger partial charge on any atom is -0.481 e. The fourth-order valence-corrected chi connectivity index (χ4v) is 1.25. The maximum Gasteiger partial charge on any atom is 0.309 e. The number of aliphatic carboxylic acids is 1. The van der Waals surface area contributed by atoms with E-state index < -0.39 is 11.4 Å². The summed E-state index contributed by atoms with van der Waals surface area (Å²) in [7, 11) is 1.92. The lowest BCUT2D eigenvalue weighted by Crippen LogP contribution is -2.30. The molecule has 0 unspecified atom stereocenters. The van der Waals surface area contributed by atoms with Crippen LogP contribution in [0.4, 0.5) is 5.82 Å². The second-order valence-corrected chi connectivity index (χ2v) is 4.55. The Balaban J connectivity index is 2.54. The Morgan fingerprint density at radius 1 is 1.50 bits per heavy atom. The molecule has 0 aliphatic heterocycles. The van der Waals surface area contributed by atoms with E-state index in [4.69, 9.17) is 5.11 Å². The van der Waals surface area contributed by atoms with Gasteiger partial charge >= 0.3 is 5.97 Å². The van der Waals surface area contributed by atoms with Crippen molar-refractivity contribution in [1.82, 2.24) is 4.98 Å². The van der Waals surface area contributed by atoms with Crippen LogP contribution in [0.3, 0.4) is 0 Å². The van der Waals surface area contributed by atoms with Crippen LogP contribution in [-0.2, 0) is 4.79 Å². The first-order valence-electron chi connectivity index (χ1n) is 5.29. The molecule has 1 rings (SSSR count). The third-order valence-electron chi connectivity index (χ3n) is 2.69. The molecule has 0 fully saturated rings. The van der Waals surface area contributed by atoms with Crippen molar-refractivity contribution in [2.45, 2.75) is 20.3 Å². The van der Waals surface area contributed by atoms with Gasteiger partial charge in [0.2, 0.25) is 0 Å². The maximum absolute atomic E-state index is 10.9. The van der Waals surface area contributed by atoms with Gasteiger partial charge in [-0.25, -0.2) is 4.98 Å². The van der Waals surface area contributed by atoms with Crippen molar-refractivity contribution in [3.63, 3.8) is 0 Å². The molecule has 0 aliphatic rings. The summed E-state index contributed by atoms with van der Waals surface area (Å²) in [6.07, 6.45) is 2.32. The van der Waals surface area contributed by atoms with Crippen molar-refractivity contribution in [3.8, 4) is 0 Å². The fourth-order valence-electron chi connectivity index (χ4n) is 1.25. The molecule has 1 aromatic heterocycles. The first-order chi connectivity index (χ1) is 7.43. The molecule has 16 heavy (non-hydrogen) atoms. The highest BCUT2D eigenvalue weighted by atomic mass is 16.4. The molecular weight excluding hydrogens is 204 g/mol. The maximum atomic E-state index is 10.9. The number of aromatic nitrogens is 1. The van der Waals surface area contributed by atoms with E-state index in [2.05, 4.69) is 4.98 Å². The number of hydrogen-bond acceptors (Lipinski definition) is 3. The van der Waals surface area contributed by atoms with E-state index in [9.17, 15) is 4.79 Å². The van der Waals surface area contributed by atoms with Gasteiger partial charge in [-0.05, 0) is 32.4 Å². The highest BCUT2D eigenvalue weighted by Gasteiger charge is 2.27. The van der Waals surface area contributed by atoms with E-state index >= 15 is 0 Å². The molecule has 1 N–H and O–H groups in total. The first-order valence-corrected chi connectivity index (χ1v) is 5.29. The number of anilines is 1. The smallest absolute Gasteiger partial charge is 0.309 e. The highest BCUT2D eigenvalue weighted by Crippen LogP contribution is 2.21. The summed E-state index contributed by atoms with van der Waals surface area (Å²) in [6, 6.07) is 5.69. The summed E-state index contributed by atoms with van der Waals surface area (Å²) in [5.74, 6) is 0.102. The number of carboxylic acids is 1. The molecular formula is C12H18N2O2. The predicted molar refractivity (Wildman–Crippen MR) is 63.5 cm³/mol. The van der Waals surface area contributed by atoms with Crippen molar-refractivity contribution in [2.75, 3.05) is 18.5 Å². The van der Waals surface area contributed by atoms with Crippen LogP contribution >= 0.6 is 0 Å². The van der Waals surface area contributed by atoms with Gasteiger partial charge in [-0.1, -0.05) is 6.07 Å². The van der Waals surface area contributed by atoms with E-state index in [0.717, 1.165) is 5.82 Å². The van der Waals surface area contributed by atoms with E-state index in [0.29, 0.717) is 13.0 Å². The quantitative estimate of drug-likeness (QED) is 0.828. The Morgan fingerprint density at radius 3 is 2.69 bits per heavy atom. The largest absolute Gasteiger partial charge is 0.481 e. The van der Waals surface area contributed by atoms with Crippen molar-refractivity contribution >= 4 is 11.8 Å². The molecule has 0 aromatic carbocycles. The van der Waals surface area contributed by atoms with Gasteiger partial charge in [0, 0.05) is 19.8 Å². The number of pyridine rings is 1. The summed E-state index contributed by atoms with van der Waals surface area (Å²) < 4.78 is 0. The summed E-state index contributed by atoms with van der Waals surface area (Å²) >= 11 is 0. The molecule has 88 valence electrons. The Labute approximate surface area is 95.9 Å². The lowest BCUT2D eigenvalue weighted by Gasteiger charge is -2.24. The lowest BCUT2D eigenvalue weighted by molar-refractivity contribution is -0.147. The first kappa shape index (κ1) is 12.5. The molecule has 0 saturated heterocycles. The normalized spacial score (nSPS) is 11.2. The minimum atomic E-state index is -0.762. The van der Waals surface area contributed by atoms with Crippen LogP contribution in [0.5, 0.6) is 0 Å². The van der Waals surface area contributed by atoms with Gasteiger partial charge in [-0.2, -0.15) is 0 Å². The van der Waals surface area contributed by atoms with E-state index in [1.165, 1.54) is 0 Å². The number of hydrogen-bond donors (Lipinski definition) is 1. The van der Waals surface area contributed by atoms with Gasteiger partial charge in [-0.15, -0.1) is 0 Å². The van der Waals surface area contributed by atoms with Gasteiger partial charge in [0.15, 0.2) is 0 Å². The summed E-state index contributed by atoms with van der Waals surface area (Å²) in [6.45, 7) is 4.15. The Hall–Kier alpha value is -1.58. The number of carboxylic acid groups (broad SMARTS) is 1. The Kier molecular flexibility index (Phi) is 3.88. The van der Waals surface area contributed by atoms with Crippen molar-refractivity contribution in [1.29, 1.82) is 0 Å². The summed E-state index contributed by atoms with van der Waals surface area (Å²) in [5, 5.41) is 8.99. The van der Waals surface area contributed by atoms with Crippen LogP contribution in [0.1, 0.15) is 20.3 Å². The molecule has 0 bridgehead atoms. The molecule has 0 spiro atoms. The molecule has 0 aliphatic carbocycles. The zero-order chi connectivity index (χ0) is 12.2. The average molecular weight is 222 g/mol. The minimum absolute atomic E-state index is 0.593. The molecule has 1 heterocycles. The van der Waals surface area contributed by atoms with Crippen LogP contribution in [0, 0.1) is 5.41 Å². The predicted octanol–water partition coefficient (Wildman–Crippen LogP) is 2.02. The van der Waals surface area contributed by atoms with Crippen molar-refractivity contribution in [2.24, 2.45) is 5.41 Å². The second-order valence-electron chi connectivity index (χ2n) is 4.55. The van der Waals surface area contributed by atoms with Gasteiger partial charge in [0.1, 0.15) is 5.82 Å². The van der Waals surface area contributed by atoms with E-state index in [1.807, 2.05) is 30.1 Å². The molecule has 0 radical (unpaired) electrons. The highest BCUT2D eigenvalue weighted by molar-refractivity contribution is 5.73. The van der Waals surface area contributed by atoms with Crippen LogP contribution in [-0.4, -0.2) is 29.7 Å². The van der Waals surface area contributed by atoms with Crippen LogP contribution < -0.4 is 4.90 Å². The number of rotatable bonds is 5. The van der Waals surface area contributed by atoms with E-state index in [1.54, 1.807) is 20.0 Å². The zero-order valence-electron chi connectivity index (χ0n) is 9.97. The topological polar surface area (TPSA) is 53.4 Å². The van der Waals surface area contributed by atoms with E-state index in [-0.39, 0.29) is 0 Å². The molecule has 4 nitrogen and oxygen atoms in total. The summed E-state index contributed by atoms with van der Waals surface area (Å²) in [4.78, 5) is 17.1. The fraction of sp³-hybridized carbons (Fsp3) is 0.500. The third kappa shape index (κ3) is 3.22. The van der Waals surface area contributed by atoms with Gasteiger partial charge in [0.25, 0.3) is 0 Å². The molecule has 0 saturated carbocycles. The Morgan fingerprint density at radius 2 is 2.19 bits per heavy atom. The SMILES string of the molecule is CN(CCC(C)(C)C(=O)O)c1ccccn1. The van der Waals surface area contributed by atoms with Crippen LogP contribution in [0.15, 0.2) is 24.4 Å². The Bertz CT molecular complexity index is 349. The molecule has 0 atom stereocenters. The van der Waals surface area contributed by atoms with Crippen LogP contribution in [0.25, 0.3) is 0 Å². The zero-order valence-corrected chi connectivity index (χ0v) is 9.97. The number of carbonyl (C=O) groups is 1. The molecule has 4 heteroatoms. The van der Waals surface area contributed by atoms with Crippen molar-refractivity contribution < 1.29 is 9.90 Å². The number of nitrogens with zero attached hydrogens (tertiary/aromatic N) is 2. The second kappa shape index (κ2) is 4.96. The standard InChI is InChI=1S/C12H18N2O2/c1-12(2,11(15)16)7-9-14(3)10-6-4-5-8-13-10/h4-6,8H,7,9H2,1-3H3,(H,15,16). The third-order valence-corrected chi connectivity index (χ3v) is 2.69. The lowest BCUT2D eigenvalue weighted by atomic mass is 9.89. The molecule has 0 amide bonds. The van der Waals surface area contributed by atoms with Gasteiger partial charge in [-0.3, -0.25) is 4.79 Å². The van der Waals surface area contributed by atoms with Crippen molar-refractivity contribution in [3.05, 3.63) is 24.4 Å². The monoisotopic (exact) mass is 222 g/mol. The molecule has 1 aromatic rings. The average Bonchev–Trinajstić information content (AvgIpc) is 2.27.